The summed E-state index contributed by atoms with van der Waals surface area (Å²) in [7, 11) is 0. The number of fused-ring (bicyclic) bond motifs is 2. The standard InChI is InChI=1S/C34H28N2O/c1-34(2,3)27-16-26(33-19-23-10-4-5-12-25(23)22-36-33)18-28(20-27)37-29-17-24-11-6-7-13-30(24)31(21-29)32-14-8-9-15-35-32/h4-22H,1-3H3. The third-order valence-corrected chi connectivity index (χ3v) is 6.71. The predicted octanol–water partition coefficient (Wildman–Crippen LogP) is 9.21. The van der Waals surface area contributed by atoms with E-state index in [1.807, 2.05) is 36.7 Å². The number of pyridine rings is 2. The van der Waals surface area contributed by atoms with Crippen molar-refractivity contribution in [1.82, 2.24) is 9.97 Å². The first-order chi connectivity index (χ1) is 17.9. The molecular weight excluding hydrogens is 452 g/mol. The van der Waals surface area contributed by atoms with Gasteiger partial charge in [0, 0.05) is 28.9 Å². The van der Waals surface area contributed by atoms with Gasteiger partial charge in [0.2, 0.25) is 0 Å². The largest absolute Gasteiger partial charge is 0.457 e. The molecular formula is C34H28N2O. The zero-order valence-corrected chi connectivity index (χ0v) is 21.3. The van der Waals surface area contributed by atoms with Gasteiger partial charge in [0.05, 0.1) is 11.4 Å². The number of aromatic nitrogens is 2. The lowest BCUT2D eigenvalue weighted by Crippen LogP contribution is -2.11. The molecule has 2 heterocycles. The van der Waals surface area contributed by atoms with Crippen LogP contribution in [0.1, 0.15) is 26.3 Å². The van der Waals surface area contributed by atoms with Crippen LogP contribution < -0.4 is 4.74 Å². The van der Waals surface area contributed by atoms with Gasteiger partial charge in [-0.15, -0.1) is 0 Å². The van der Waals surface area contributed by atoms with Crippen LogP contribution in [0.25, 0.3) is 44.1 Å². The molecule has 0 saturated heterocycles. The third-order valence-electron chi connectivity index (χ3n) is 6.71. The van der Waals surface area contributed by atoms with Crippen LogP contribution in [0.15, 0.2) is 116 Å². The minimum absolute atomic E-state index is 0.0481. The van der Waals surface area contributed by atoms with Crippen LogP contribution in [0, 0.1) is 0 Å². The molecule has 0 unspecified atom stereocenters. The summed E-state index contributed by atoms with van der Waals surface area (Å²) in [6.07, 6.45) is 3.77. The van der Waals surface area contributed by atoms with Gasteiger partial charge in [-0.3, -0.25) is 9.97 Å². The molecule has 180 valence electrons. The van der Waals surface area contributed by atoms with Crippen LogP contribution in [0.2, 0.25) is 0 Å². The lowest BCUT2D eigenvalue weighted by Gasteiger charge is -2.21. The molecule has 0 saturated carbocycles. The normalized spacial score (nSPS) is 11.6. The SMILES string of the molecule is CC(C)(C)c1cc(Oc2cc(-c3ccccn3)c3ccccc3c2)cc(-c2cc3ccccc3cn2)c1. The lowest BCUT2D eigenvalue weighted by molar-refractivity contribution is 0.479. The zero-order chi connectivity index (χ0) is 25.4. The Morgan fingerprint density at radius 1 is 0.595 bits per heavy atom. The van der Waals surface area contributed by atoms with Crippen molar-refractivity contribution in [2.45, 2.75) is 26.2 Å². The first kappa shape index (κ1) is 22.9. The van der Waals surface area contributed by atoms with Gasteiger partial charge >= 0.3 is 0 Å². The number of ether oxygens (including phenoxy) is 1. The van der Waals surface area contributed by atoms with Gasteiger partial charge in [-0.25, -0.2) is 0 Å². The van der Waals surface area contributed by atoms with E-state index in [1.165, 1.54) is 10.9 Å². The van der Waals surface area contributed by atoms with Crippen molar-refractivity contribution in [2.75, 3.05) is 0 Å². The highest BCUT2D eigenvalue weighted by Gasteiger charge is 2.18. The number of nitrogens with zero attached hydrogens (tertiary/aromatic N) is 2. The Hall–Kier alpha value is -4.50. The van der Waals surface area contributed by atoms with Crippen molar-refractivity contribution >= 4 is 21.5 Å². The molecule has 37 heavy (non-hydrogen) atoms. The van der Waals surface area contributed by atoms with E-state index >= 15 is 0 Å². The average Bonchev–Trinajstić information content (AvgIpc) is 2.92. The van der Waals surface area contributed by atoms with E-state index in [4.69, 9.17) is 9.72 Å². The summed E-state index contributed by atoms with van der Waals surface area (Å²) in [5.74, 6) is 1.57. The van der Waals surface area contributed by atoms with Crippen molar-refractivity contribution in [2.24, 2.45) is 0 Å². The Balaban J connectivity index is 1.47. The van der Waals surface area contributed by atoms with Crippen LogP contribution in [0.3, 0.4) is 0 Å². The average molecular weight is 481 g/mol. The van der Waals surface area contributed by atoms with Crippen LogP contribution in [-0.2, 0) is 5.41 Å². The maximum absolute atomic E-state index is 6.58. The van der Waals surface area contributed by atoms with Crippen LogP contribution in [0.5, 0.6) is 11.5 Å². The maximum atomic E-state index is 6.58. The summed E-state index contributed by atoms with van der Waals surface area (Å²) >= 11 is 0. The molecule has 3 heteroatoms. The summed E-state index contributed by atoms with van der Waals surface area (Å²) in [6, 6.07) is 35.4. The Kier molecular flexibility index (Phi) is 5.69. The number of hydrogen-bond acceptors (Lipinski definition) is 3. The second-order valence-corrected chi connectivity index (χ2v) is 10.4. The number of hydrogen-bond donors (Lipinski definition) is 0. The second kappa shape index (κ2) is 9.18. The van der Waals surface area contributed by atoms with Crippen LogP contribution in [-0.4, -0.2) is 9.97 Å². The van der Waals surface area contributed by atoms with Crippen molar-refractivity contribution in [3.05, 3.63) is 121 Å². The monoisotopic (exact) mass is 480 g/mol. The highest BCUT2D eigenvalue weighted by Crippen LogP contribution is 2.37. The molecule has 0 aliphatic carbocycles. The molecule has 0 bridgehead atoms. The van der Waals surface area contributed by atoms with Crippen molar-refractivity contribution in [3.8, 4) is 34.0 Å². The van der Waals surface area contributed by atoms with E-state index in [9.17, 15) is 0 Å². The highest BCUT2D eigenvalue weighted by atomic mass is 16.5. The van der Waals surface area contributed by atoms with Crippen LogP contribution in [0.4, 0.5) is 0 Å². The van der Waals surface area contributed by atoms with Gasteiger partial charge in [0.25, 0.3) is 0 Å². The summed E-state index contributed by atoms with van der Waals surface area (Å²) in [4.78, 5) is 9.39. The van der Waals surface area contributed by atoms with Crippen molar-refractivity contribution in [1.29, 1.82) is 0 Å². The highest BCUT2D eigenvalue weighted by molar-refractivity contribution is 5.97. The molecule has 0 atom stereocenters. The van der Waals surface area contributed by atoms with E-state index in [-0.39, 0.29) is 5.41 Å². The summed E-state index contributed by atoms with van der Waals surface area (Å²) in [5, 5.41) is 4.57. The van der Waals surface area contributed by atoms with Crippen LogP contribution >= 0.6 is 0 Å². The fourth-order valence-electron chi connectivity index (χ4n) is 4.69. The van der Waals surface area contributed by atoms with Crippen molar-refractivity contribution in [3.63, 3.8) is 0 Å². The van der Waals surface area contributed by atoms with E-state index in [2.05, 4.69) is 105 Å². The zero-order valence-electron chi connectivity index (χ0n) is 21.3. The quantitative estimate of drug-likeness (QED) is 0.252. The fourth-order valence-corrected chi connectivity index (χ4v) is 4.69. The maximum Gasteiger partial charge on any atom is 0.128 e. The molecule has 0 radical (unpaired) electrons. The molecule has 6 rings (SSSR count). The molecule has 4 aromatic carbocycles. The molecule has 2 aromatic heterocycles. The Morgan fingerprint density at radius 3 is 2.11 bits per heavy atom. The minimum atomic E-state index is -0.0481. The molecule has 0 aliphatic rings. The third kappa shape index (κ3) is 4.68. The van der Waals surface area contributed by atoms with E-state index in [0.717, 1.165) is 50.2 Å². The Morgan fingerprint density at radius 2 is 1.32 bits per heavy atom. The molecule has 0 amide bonds. The van der Waals surface area contributed by atoms with Gasteiger partial charge < -0.3 is 4.74 Å². The molecule has 0 N–H and O–H groups in total. The molecule has 0 fully saturated rings. The minimum Gasteiger partial charge on any atom is -0.457 e. The van der Waals surface area contributed by atoms with E-state index in [0.29, 0.717) is 0 Å². The predicted molar refractivity (Wildman–Crippen MR) is 153 cm³/mol. The topological polar surface area (TPSA) is 35.0 Å². The van der Waals surface area contributed by atoms with Gasteiger partial charge in [-0.1, -0.05) is 75.4 Å². The summed E-state index contributed by atoms with van der Waals surface area (Å²) < 4.78 is 6.58. The number of rotatable bonds is 4. The lowest BCUT2D eigenvalue weighted by atomic mass is 9.85. The van der Waals surface area contributed by atoms with Gasteiger partial charge in [-0.05, 0) is 75.7 Å². The van der Waals surface area contributed by atoms with E-state index in [1.54, 1.807) is 0 Å². The van der Waals surface area contributed by atoms with Crippen molar-refractivity contribution < 1.29 is 4.74 Å². The van der Waals surface area contributed by atoms with E-state index < -0.39 is 0 Å². The molecule has 6 aromatic rings. The van der Waals surface area contributed by atoms with Gasteiger partial charge in [0.15, 0.2) is 0 Å². The van der Waals surface area contributed by atoms with Gasteiger partial charge in [-0.2, -0.15) is 0 Å². The number of benzene rings is 4. The Labute approximate surface area is 217 Å². The second-order valence-electron chi connectivity index (χ2n) is 10.4. The smallest absolute Gasteiger partial charge is 0.128 e. The molecule has 0 spiro atoms. The van der Waals surface area contributed by atoms with Gasteiger partial charge in [0.1, 0.15) is 11.5 Å². The molecule has 0 aliphatic heterocycles. The summed E-state index contributed by atoms with van der Waals surface area (Å²) in [5.41, 5.74) is 5.10. The Bertz CT molecular complexity index is 1730. The first-order valence-corrected chi connectivity index (χ1v) is 12.6. The molecule has 3 nitrogen and oxygen atoms in total. The first-order valence-electron chi connectivity index (χ1n) is 12.6. The summed E-state index contributed by atoms with van der Waals surface area (Å²) in [6.45, 7) is 6.66. The fraction of sp³-hybridized carbons (Fsp3) is 0.118.